The van der Waals surface area contributed by atoms with Crippen LogP contribution in [-0.2, 0) is 9.53 Å². The Bertz CT molecular complexity index is 338. The van der Waals surface area contributed by atoms with E-state index in [1.54, 1.807) is 18.7 Å². The minimum Gasteiger partial charge on any atom is -0.478 e. The van der Waals surface area contributed by atoms with Gasteiger partial charge in [-0.3, -0.25) is 0 Å². The molecule has 0 fully saturated rings. The van der Waals surface area contributed by atoms with Crippen LogP contribution in [0.2, 0.25) is 0 Å². The summed E-state index contributed by atoms with van der Waals surface area (Å²) < 4.78 is 10.1. The van der Waals surface area contributed by atoms with Gasteiger partial charge in [0, 0.05) is 4.90 Å². The van der Waals surface area contributed by atoms with Crippen LogP contribution in [0.1, 0.15) is 6.92 Å². The molecule has 0 saturated carbocycles. The largest absolute Gasteiger partial charge is 0.478 e. The Kier molecular flexibility index (Phi) is 4.49. The van der Waals surface area contributed by atoms with E-state index in [2.05, 4.69) is 4.74 Å². The molecule has 1 atom stereocenters. The SMILES string of the molecule is COC(=O)[C@@H](C)Oc1ccccc1SC. The molecule has 0 radical (unpaired) electrons. The van der Waals surface area contributed by atoms with Crippen LogP contribution < -0.4 is 4.74 Å². The highest BCUT2D eigenvalue weighted by Crippen LogP contribution is 2.27. The van der Waals surface area contributed by atoms with E-state index in [1.807, 2.05) is 30.5 Å². The molecule has 0 aromatic heterocycles. The minimum absolute atomic E-state index is 0.370. The zero-order valence-electron chi connectivity index (χ0n) is 9.02. The Morgan fingerprint density at radius 1 is 1.40 bits per heavy atom. The van der Waals surface area contributed by atoms with Crippen molar-refractivity contribution in [2.24, 2.45) is 0 Å². The summed E-state index contributed by atoms with van der Waals surface area (Å²) in [6, 6.07) is 7.59. The topological polar surface area (TPSA) is 35.5 Å². The second-order valence-electron chi connectivity index (χ2n) is 2.93. The van der Waals surface area contributed by atoms with E-state index in [9.17, 15) is 4.79 Å². The van der Waals surface area contributed by atoms with Crippen molar-refractivity contribution < 1.29 is 14.3 Å². The molecule has 0 aliphatic rings. The lowest BCUT2D eigenvalue weighted by Gasteiger charge is -2.14. The van der Waals surface area contributed by atoms with Crippen molar-refractivity contribution in [3.05, 3.63) is 24.3 Å². The number of benzene rings is 1. The predicted octanol–water partition coefficient (Wildman–Crippen LogP) is 2.35. The van der Waals surface area contributed by atoms with Crippen LogP contribution in [0.15, 0.2) is 29.2 Å². The highest BCUT2D eigenvalue weighted by atomic mass is 32.2. The first-order chi connectivity index (χ1) is 7.19. The van der Waals surface area contributed by atoms with E-state index in [0.29, 0.717) is 5.75 Å². The minimum atomic E-state index is -0.580. The molecule has 0 spiro atoms. The molecule has 0 bridgehead atoms. The van der Waals surface area contributed by atoms with E-state index < -0.39 is 6.10 Å². The molecule has 0 N–H and O–H groups in total. The normalized spacial score (nSPS) is 11.9. The van der Waals surface area contributed by atoms with Crippen molar-refractivity contribution in [2.75, 3.05) is 13.4 Å². The maximum atomic E-state index is 11.2. The molecule has 1 rings (SSSR count). The van der Waals surface area contributed by atoms with Crippen LogP contribution >= 0.6 is 11.8 Å². The van der Waals surface area contributed by atoms with Crippen LogP contribution in [0.25, 0.3) is 0 Å². The fraction of sp³-hybridized carbons (Fsp3) is 0.364. The smallest absolute Gasteiger partial charge is 0.346 e. The van der Waals surface area contributed by atoms with Gasteiger partial charge in [0.2, 0.25) is 0 Å². The molecule has 1 aromatic rings. The highest BCUT2D eigenvalue weighted by Gasteiger charge is 2.15. The van der Waals surface area contributed by atoms with Crippen molar-refractivity contribution in [1.82, 2.24) is 0 Å². The van der Waals surface area contributed by atoms with Gasteiger partial charge in [0.25, 0.3) is 0 Å². The quantitative estimate of drug-likeness (QED) is 0.583. The number of carbonyl (C=O) groups excluding carboxylic acids is 1. The monoisotopic (exact) mass is 226 g/mol. The first-order valence-corrected chi connectivity index (χ1v) is 5.79. The maximum absolute atomic E-state index is 11.2. The summed E-state index contributed by atoms with van der Waals surface area (Å²) in [4.78, 5) is 12.2. The Morgan fingerprint density at radius 3 is 2.67 bits per heavy atom. The average molecular weight is 226 g/mol. The van der Waals surface area contributed by atoms with Gasteiger partial charge < -0.3 is 9.47 Å². The number of thioether (sulfide) groups is 1. The molecule has 82 valence electrons. The van der Waals surface area contributed by atoms with Gasteiger partial charge in [-0.1, -0.05) is 12.1 Å². The first kappa shape index (κ1) is 11.9. The summed E-state index contributed by atoms with van der Waals surface area (Å²) in [5.41, 5.74) is 0. The van der Waals surface area contributed by atoms with E-state index >= 15 is 0 Å². The number of para-hydroxylation sites is 1. The van der Waals surface area contributed by atoms with E-state index in [0.717, 1.165) is 4.90 Å². The third kappa shape index (κ3) is 3.16. The molecule has 3 nitrogen and oxygen atoms in total. The number of hydrogen-bond donors (Lipinski definition) is 0. The zero-order valence-corrected chi connectivity index (χ0v) is 9.84. The fourth-order valence-corrected chi connectivity index (χ4v) is 1.65. The molecule has 0 aliphatic carbocycles. The summed E-state index contributed by atoms with van der Waals surface area (Å²) in [6.45, 7) is 1.67. The summed E-state index contributed by atoms with van der Waals surface area (Å²) >= 11 is 1.58. The second-order valence-corrected chi connectivity index (χ2v) is 3.78. The molecule has 0 unspecified atom stereocenters. The maximum Gasteiger partial charge on any atom is 0.346 e. The average Bonchev–Trinajstić information content (AvgIpc) is 2.28. The number of methoxy groups -OCH3 is 1. The van der Waals surface area contributed by atoms with Crippen LogP contribution in [-0.4, -0.2) is 25.4 Å². The lowest BCUT2D eigenvalue weighted by Crippen LogP contribution is -2.25. The van der Waals surface area contributed by atoms with Gasteiger partial charge in [-0.05, 0) is 25.3 Å². The van der Waals surface area contributed by atoms with E-state index in [4.69, 9.17) is 4.74 Å². The van der Waals surface area contributed by atoms with Crippen molar-refractivity contribution in [1.29, 1.82) is 0 Å². The van der Waals surface area contributed by atoms with Crippen LogP contribution in [0.5, 0.6) is 5.75 Å². The Morgan fingerprint density at radius 2 is 2.07 bits per heavy atom. The summed E-state index contributed by atoms with van der Waals surface area (Å²) in [7, 11) is 1.35. The third-order valence-corrected chi connectivity index (χ3v) is 2.68. The van der Waals surface area contributed by atoms with Crippen molar-refractivity contribution in [2.45, 2.75) is 17.9 Å². The van der Waals surface area contributed by atoms with Gasteiger partial charge in [-0.15, -0.1) is 11.8 Å². The van der Waals surface area contributed by atoms with Crippen molar-refractivity contribution >= 4 is 17.7 Å². The van der Waals surface area contributed by atoms with Crippen LogP contribution in [0, 0.1) is 0 Å². The highest BCUT2D eigenvalue weighted by molar-refractivity contribution is 7.98. The summed E-state index contributed by atoms with van der Waals surface area (Å²) in [6.07, 6.45) is 1.38. The molecule has 15 heavy (non-hydrogen) atoms. The predicted molar refractivity (Wildman–Crippen MR) is 60.3 cm³/mol. The van der Waals surface area contributed by atoms with Crippen LogP contribution in [0.3, 0.4) is 0 Å². The van der Waals surface area contributed by atoms with Gasteiger partial charge in [0.1, 0.15) is 5.75 Å². The molecule has 0 heterocycles. The van der Waals surface area contributed by atoms with Gasteiger partial charge >= 0.3 is 5.97 Å². The second kappa shape index (κ2) is 5.66. The molecule has 1 aromatic carbocycles. The first-order valence-electron chi connectivity index (χ1n) is 4.56. The lowest BCUT2D eigenvalue weighted by atomic mass is 10.3. The van der Waals surface area contributed by atoms with Gasteiger partial charge in [-0.25, -0.2) is 4.79 Å². The molecule has 0 saturated heterocycles. The number of hydrogen-bond acceptors (Lipinski definition) is 4. The number of carbonyl (C=O) groups is 1. The number of esters is 1. The standard InChI is InChI=1S/C11H14O3S/c1-8(11(12)13-2)14-9-6-4-5-7-10(9)15-3/h4-8H,1-3H3/t8-/m1/s1. The Balaban J connectivity index is 2.75. The number of rotatable bonds is 4. The molecule has 0 aliphatic heterocycles. The van der Waals surface area contributed by atoms with E-state index in [1.165, 1.54) is 7.11 Å². The van der Waals surface area contributed by atoms with Gasteiger partial charge in [0.15, 0.2) is 6.10 Å². The van der Waals surface area contributed by atoms with E-state index in [-0.39, 0.29) is 5.97 Å². The molecular weight excluding hydrogens is 212 g/mol. The van der Waals surface area contributed by atoms with Crippen LogP contribution in [0.4, 0.5) is 0 Å². The van der Waals surface area contributed by atoms with Gasteiger partial charge in [-0.2, -0.15) is 0 Å². The third-order valence-electron chi connectivity index (χ3n) is 1.91. The Hall–Kier alpha value is -1.16. The zero-order chi connectivity index (χ0) is 11.3. The summed E-state index contributed by atoms with van der Waals surface area (Å²) in [5, 5.41) is 0. The molecule has 4 heteroatoms. The molecule has 0 amide bonds. The Labute approximate surface area is 93.8 Å². The lowest BCUT2D eigenvalue weighted by molar-refractivity contribution is -0.148. The van der Waals surface area contributed by atoms with Crippen molar-refractivity contribution in [3.8, 4) is 5.75 Å². The summed E-state index contributed by atoms with van der Waals surface area (Å²) in [5.74, 6) is 0.341. The molecular formula is C11H14O3S. The fourth-order valence-electron chi connectivity index (χ4n) is 1.12. The van der Waals surface area contributed by atoms with Gasteiger partial charge in [0.05, 0.1) is 7.11 Å². The van der Waals surface area contributed by atoms with Crippen molar-refractivity contribution in [3.63, 3.8) is 0 Å². The number of ether oxygens (including phenoxy) is 2.